The quantitative estimate of drug-likeness (QED) is 0.923. The van der Waals surface area contributed by atoms with Crippen molar-refractivity contribution >= 4 is 17.5 Å². The number of para-hydroxylation sites is 1. The fourth-order valence-corrected chi connectivity index (χ4v) is 2.35. The van der Waals surface area contributed by atoms with Gasteiger partial charge in [-0.2, -0.15) is 0 Å². The lowest BCUT2D eigenvalue weighted by Gasteiger charge is -2.21. The summed E-state index contributed by atoms with van der Waals surface area (Å²) in [4.78, 5) is 29.6. The second-order valence-electron chi connectivity index (χ2n) is 5.55. The minimum atomic E-state index is -0.202. The lowest BCUT2D eigenvalue weighted by atomic mass is 10.1. The van der Waals surface area contributed by atoms with Crippen molar-refractivity contribution in [2.75, 3.05) is 11.9 Å². The molecule has 1 heterocycles. The zero-order valence-electron chi connectivity index (χ0n) is 13.7. The average Bonchev–Trinajstić information content (AvgIpc) is 2.51. The molecule has 2 rings (SSSR count). The van der Waals surface area contributed by atoms with Crippen LogP contribution >= 0.6 is 0 Å². The first kappa shape index (κ1) is 16.7. The highest BCUT2D eigenvalue weighted by Gasteiger charge is 2.15. The van der Waals surface area contributed by atoms with Gasteiger partial charge in [0.1, 0.15) is 6.54 Å². The largest absolute Gasteiger partial charge is 0.329 e. The van der Waals surface area contributed by atoms with Crippen LogP contribution in [0.15, 0.2) is 42.7 Å². The van der Waals surface area contributed by atoms with E-state index in [0.717, 1.165) is 22.4 Å². The van der Waals surface area contributed by atoms with Gasteiger partial charge in [-0.3, -0.25) is 14.6 Å². The van der Waals surface area contributed by atoms with Crippen LogP contribution in [0.5, 0.6) is 0 Å². The Kier molecular flexibility index (Phi) is 5.46. The van der Waals surface area contributed by atoms with Gasteiger partial charge in [-0.05, 0) is 42.7 Å². The number of hydrogen-bond donors (Lipinski definition) is 1. The molecule has 0 saturated carbocycles. The number of nitrogens with zero attached hydrogens (tertiary/aromatic N) is 2. The summed E-state index contributed by atoms with van der Waals surface area (Å²) in [5.74, 6) is -0.342. The van der Waals surface area contributed by atoms with Crippen LogP contribution in [-0.4, -0.2) is 28.2 Å². The summed E-state index contributed by atoms with van der Waals surface area (Å²) in [5, 5.41) is 2.90. The smallest absolute Gasteiger partial charge is 0.244 e. The number of amides is 2. The molecular formula is C18H21N3O2. The fourth-order valence-electron chi connectivity index (χ4n) is 2.35. The van der Waals surface area contributed by atoms with Gasteiger partial charge in [-0.25, -0.2) is 0 Å². The number of carbonyl (C=O) groups excluding carboxylic acids is 2. The summed E-state index contributed by atoms with van der Waals surface area (Å²) in [6, 6.07) is 9.51. The number of aryl methyl sites for hydroxylation is 2. The lowest BCUT2D eigenvalue weighted by molar-refractivity contribution is -0.133. The van der Waals surface area contributed by atoms with Gasteiger partial charge in [0.05, 0.1) is 0 Å². The van der Waals surface area contributed by atoms with Crippen molar-refractivity contribution in [3.05, 3.63) is 59.4 Å². The number of aromatic nitrogens is 1. The molecule has 23 heavy (non-hydrogen) atoms. The number of pyridine rings is 1. The van der Waals surface area contributed by atoms with E-state index in [2.05, 4.69) is 10.3 Å². The second-order valence-corrected chi connectivity index (χ2v) is 5.55. The molecule has 0 saturated heterocycles. The van der Waals surface area contributed by atoms with E-state index in [-0.39, 0.29) is 18.4 Å². The van der Waals surface area contributed by atoms with Crippen molar-refractivity contribution in [3.63, 3.8) is 0 Å². The molecule has 0 spiro atoms. The number of hydrogen-bond acceptors (Lipinski definition) is 3. The van der Waals surface area contributed by atoms with Gasteiger partial charge in [-0.15, -0.1) is 0 Å². The molecule has 0 aliphatic carbocycles. The first-order chi connectivity index (χ1) is 11.0. The van der Waals surface area contributed by atoms with Crippen molar-refractivity contribution < 1.29 is 9.59 Å². The average molecular weight is 311 g/mol. The highest BCUT2D eigenvalue weighted by Crippen LogP contribution is 2.19. The maximum Gasteiger partial charge on any atom is 0.244 e. The van der Waals surface area contributed by atoms with E-state index >= 15 is 0 Å². The summed E-state index contributed by atoms with van der Waals surface area (Å²) >= 11 is 0. The molecule has 5 nitrogen and oxygen atoms in total. The molecule has 1 N–H and O–H groups in total. The van der Waals surface area contributed by atoms with Gasteiger partial charge in [0, 0.05) is 31.5 Å². The Balaban J connectivity index is 2.05. The highest BCUT2D eigenvalue weighted by atomic mass is 16.2. The second kappa shape index (κ2) is 7.54. The van der Waals surface area contributed by atoms with E-state index in [1.54, 1.807) is 12.4 Å². The molecule has 0 fully saturated rings. The molecule has 1 aromatic carbocycles. The van der Waals surface area contributed by atoms with Crippen molar-refractivity contribution in [1.82, 2.24) is 9.88 Å². The first-order valence-corrected chi connectivity index (χ1v) is 7.48. The number of benzene rings is 1. The van der Waals surface area contributed by atoms with Crippen molar-refractivity contribution in [3.8, 4) is 0 Å². The summed E-state index contributed by atoms with van der Waals surface area (Å²) in [7, 11) is 0. The van der Waals surface area contributed by atoms with E-state index in [1.807, 2.05) is 44.2 Å². The Morgan fingerprint density at radius 2 is 1.70 bits per heavy atom. The van der Waals surface area contributed by atoms with Crippen LogP contribution in [-0.2, 0) is 16.1 Å². The molecule has 1 aromatic heterocycles. The summed E-state index contributed by atoms with van der Waals surface area (Å²) in [6.45, 7) is 5.77. The minimum absolute atomic E-state index is 0.0193. The third-order valence-electron chi connectivity index (χ3n) is 3.65. The predicted octanol–water partition coefficient (Wildman–Crippen LogP) is 2.69. The van der Waals surface area contributed by atoms with E-state index in [4.69, 9.17) is 0 Å². The van der Waals surface area contributed by atoms with E-state index < -0.39 is 0 Å². The normalized spacial score (nSPS) is 10.2. The summed E-state index contributed by atoms with van der Waals surface area (Å²) in [6.07, 6.45) is 3.34. The lowest BCUT2D eigenvalue weighted by Crippen LogP contribution is -2.36. The van der Waals surface area contributed by atoms with Gasteiger partial charge in [0.25, 0.3) is 0 Å². The molecule has 5 heteroatoms. The van der Waals surface area contributed by atoms with Crippen molar-refractivity contribution in [1.29, 1.82) is 0 Å². The number of carbonyl (C=O) groups is 2. The molecule has 0 bridgehead atoms. The maximum atomic E-state index is 12.3. The third kappa shape index (κ3) is 4.64. The van der Waals surface area contributed by atoms with Crippen LogP contribution in [0.3, 0.4) is 0 Å². The van der Waals surface area contributed by atoms with Gasteiger partial charge in [-0.1, -0.05) is 18.2 Å². The number of nitrogens with one attached hydrogen (secondary N) is 1. The molecule has 120 valence electrons. The van der Waals surface area contributed by atoms with Gasteiger partial charge in [0.15, 0.2) is 0 Å². The van der Waals surface area contributed by atoms with Gasteiger partial charge in [0.2, 0.25) is 11.8 Å². The summed E-state index contributed by atoms with van der Waals surface area (Å²) in [5.41, 5.74) is 3.75. The molecule has 0 aliphatic heterocycles. The number of anilines is 1. The highest BCUT2D eigenvalue weighted by molar-refractivity contribution is 5.95. The molecule has 2 aromatic rings. The van der Waals surface area contributed by atoms with Crippen LogP contribution in [0, 0.1) is 13.8 Å². The number of rotatable bonds is 5. The zero-order chi connectivity index (χ0) is 16.8. The summed E-state index contributed by atoms with van der Waals surface area (Å²) < 4.78 is 0. The molecule has 0 radical (unpaired) electrons. The molecule has 0 aliphatic rings. The van der Waals surface area contributed by atoms with E-state index in [9.17, 15) is 9.59 Å². The Hall–Kier alpha value is -2.69. The van der Waals surface area contributed by atoms with Crippen molar-refractivity contribution in [2.24, 2.45) is 0 Å². The van der Waals surface area contributed by atoms with Crippen LogP contribution in [0.25, 0.3) is 0 Å². The predicted molar refractivity (Wildman–Crippen MR) is 89.9 cm³/mol. The Morgan fingerprint density at radius 3 is 2.26 bits per heavy atom. The Bertz CT molecular complexity index is 678. The minimum Gasteiger partial charge on any atom is -0.329 e. The van der Waals surface area contributed by atoms with Gasteiger partial charge >= 0.3 is 0 Å². The topological polar surface area (TPSA) is 62.3 Å². The standard InChI is InChI=1S/C18H21N3O2/c1-13-5-4-6-14(2)18(13)20-17(23)12-21(15(3)22)11-16-7-9-19-10-8-16/h4-10H,11-12H2,1-3H3,(H,20,23). The van der Waals surface area contributed by atoms with E-state index in [0.29, 0.717) is 6.54 Å². The van der Waals surface area contributed by atoms with Crippen molar-refractivity contribution in [2.45, 2.75) is 27.3 Å². The third-order valence-corrected chi connectivity index (χ3v) is 3.65. The monoisotopic (exact) mass is 311 g/mol. The molecule has 2 amide bonds. The fraction of sp³-hybridized carbons (Fsp3) is 0.278. The molecular weight excluding hydrogens is 290 g/mol. The van der Waals surface area contributed by atoms with Crippen LogP contribution < -0.4 is 5.32 Å². The van der Waals surface area contributed by atoms with Crippen LogP contribution in [0.4, 0.5) is 5.69 Å². The van der Waals surface area contributed by atoms with Crippen LogP contribution in [0.1, 0.15) is 23.6 Å². The molecule has 0 unspecified atom stereocenters. The first-order valence-electron chi connectivity index (χ1n) is 7.48. The Morgan fingerprint density at radius 1 is 1.09 bits per heavy atom. The van der Waals surface area contributed by atoms with Gasteiger partial charge < -0.3 is 10.2 Å². The maximum absolute atomic E-state index is 12.3. The zero-order valence-corrected chi connectivity index (χ0v) is 13.7. The van der Waals surface area contributed by atoms with Crippen LogP contribution in [0.2, 0.25) is 0 Å². The Labute approximate surface area is 136 Å². The van der Waals surface area contributed by atoms with E-state index in [1.165, 1.54) is 11.8 Å². The molecule has 0 atom stereocenters. The SMILES string of the molecule is CC(=O)N(CC(=O)Nc1c(C)cccc1C)Cc1ccncc1.